The lowest BCUT2D eigenvalue weighted by Gasteiger charge is -2.43. The van der Waals surface area contributed by atoms with Crippen molar-refractivity contribution in [1.82, 2.24) is 9.80 Å². The lowest BCUT2D eigenvalue weighted by atomic mass is 9.85. The van der Waals surface area contributed by atoms with Crippen LogP contribution in [-0.2, 0) is 11.3 Å². The van der Waals surface area contributed by atoms with Gasteiger partial charge >= 0.3 is 0 Å². The quantitative estimate of drug-likeness (QED) is 0.835. The molecule has 2 aliphatic rings. The van der Waals surface area contributed by atoms with E-state index in [1.807, 2.05) is 24.1 Å². The number of methoxy groups -OCH3 is 2. The summed E-state index contributed by atoms with van der Waals surface area (Å²) in [5.74, 6) is 1.63. The van der Waals surface area contributed by atoms with Crippen LogP contribution in [0.4, 0.5) is 0 Å². The Labute approximate surface area is 148 Å². The first kappa shape index (κ1) is 17.4. The number of rotatable bonds is 4. The summed E-state index contributed by atoms with van der Waals surface area (Å²) in [4.78, 5) is 16.2. The zero-order valence-corrected chi connectivity index (χ0v) is 15.4. The van der Waals surface area contributed by atoms with Crippen LogP contribution in [0.3, 0.4) is 0 Å². The van der Waals surface area contributed by atoms with Crippen molar-refractivity contribution < 1.29 is 14.3 Å². The summed E-state index contributed by atoms with van der Waals surface area (Å²) in [5.41, 5.74) is 1.12. The molecule has 6 heteroatoms. The summed E-state index contributed by atoms with van der Waals surface area (Å²) in [7, 11) is 5.20. The van der Waals surface area contributed by atoms with Gasteiger partial charge in [-0.1, -0.05) is 11.6 Å². The molecule has 0 N–H and O–H groups in total. The number of hydrogen-bond donors (Lipinski definition) is 0. The van der Waals surface area contributed by atoms with Crippen molar-refractivity contribution in [2.45, 2.75) is 37.8 Å². The fourth-order valence-electron chi connectivity index (χ4n) is 3.91. The smallest absolute Gasteiger partial charge is 0.222 e. The van der Waals surface area contributed by atoms with Gasteiger partial charge in [0.05, 0.1) is 14.2 Å². The van der Waals surface area contributed by atoms with Crippen molar-refractivity contribution >= 4 is 17.5 Å². The molecule has 5 nitrogen and oxygen atoms in total. The van der Waals surface area contributed by atoms with Crippen LogP contribution in [0.1, 0.15) is 31.2 Å². The van der Waals surface area contributed by atoms with E-state index < -0.39 is 0 Å². The van der Waals surface area contributed by atoms with Gasteiger partial charge in [0, 0.05) is 49.7 Å². The van der Waals surface area contributed by atoms with Crippen LogP contribution in [0, 0.1) is 0 Å². The molecule has 0 aromatic heterocycles. The Kier molecular flexibility index (Phi) is 4.92. The highest BCUT2D eigenvalue weighted by Gasteiger charge is 2.44. The summed E-state index contributed by atoms with van der Waals surface area (Å²) in [5, 5.41) is 0.695. The monoisotopic (exact) mass is 352 g/mol. The second-order valence-electron chi connectivity index (χ2n) is 6.75. The van der Waals surface area contributed by atoms with Crippen LogP contribution in [0.5, 0.6) is 11.5 Å². The zero-order chi connectivity index (χ0) is 17.3. The molecule has 132 valence electrons. The molecule has 1 amide bonds. The summed E-state index contributed by atoms with van der Waals surface area (Å²) in [6.07, 6.45) is 3.74. The van der Waals surface area contributed by atoms with E-state index in [2.05, 4.69) is 4.90 Å². The van der Waals surface area contributed by atoms with Crippen LogP contribution < -0.4 is 9.47 Å². The minimum Gasteiger partial charge on any atom is -0.493 e. The summed E-state index contributed by atoms with van der Waals surface area (Å²) in [6, 6.07) is 3.77. The van der Waals surface area contributed by atoms with Gasteiger partial charge in [-0.3, -0.25) is 9.69 Å². The number of hydrogen-bond acceptors (Lipinski definition) is 4. The number of likely N-dealkylation sites (tertiary alicyclic amines) is 2. The molecular weight excluding hydrogens is 328 g/mol. The third-order valence-corrected chi connectivity index (χ3v) is 5.97. The summed E-state index contributed by atoms with van der Waals surface area (Å²) < 4.78 is 10.7. The van der Waals surface area contributed by atoms with Crippen molar-refractivity contribution in [2.75, 3.05) is 34.4 Å². The van der Waals surface area contributed by atoms with E-state index in [4.69, 9.17) is 21.1 Å². The molecule has 0 radical (unpaired) electrons. The average molecular weight is 353 g/mol. The van der Waals surface area contributed by atoms with E-state index in [9.17, 15) is 4.79 Å². The predicted molar refractivity (Wildman–Crippen MR) is 93.8 cm³/mol. The van der Waals surface area contributed by atoms with Gasteiger partial charge in [0.15, 0.2) is 11.5 Å². The molecule has 1 aromatic carbocycles. The number of amides is 1. The molecule has 3 rings (SSSR count). The molecule has 2 aliphatic heterocycles. The fourth-order valence-corrected chi connectivity index (χ4v) is 4.12. The summed E-state index contributed by atoms with van der Waals surface area (Å²) in [6.45, 7) is 2.73. The Morgan fingerprint density at radius 1 is 1.12 bits per heavy atom. The van der Waals surface area contributed by atoms with E-state index in [-0.39, 0.29) is 11.4 Å². The largest absolute Gasteiger partial charge is 0.493 e. The maximum absolute atomic E-state index is 11.9. The first-order chi connectivity index (χ1) is 11.5. The Morgan fingerprint density at radius 2 is 1.75 bits per heavy atom. The van der Waals surface area contributed by atoms with Crippen LogP contribution in [0.25, 0.3) is 0 Å². The SMILES string of the molecule is COc1cc(Cl)c(CN2CCC3(CCC(=O)N3C)CC2)cc1OC. The molecule has 0 aliphatic carbocycles. The van der Waals surface area contributed by atoms with Gasteiger partial charge in [0.2, 0.25) is 5.91 Å². The van der Waals surface area contributed by atoms with Gasteiger partial charge in [-0.25, -0.2) is 0 Å². The van der Waals surface area contributed by atoms with Crippen molar-refractivity contribution in [3.63, 3.8) is 0 Å². The number of carbonyl (C=O) groups is 1. The van der Waals surface area contributed by atoms with Crippen molar-refractivity contribution in [3.05, 3.63) is 22.7 Å². The van der Waals surface area contributed by atoms with Crippen molar-refractivity contribution in [2.24, 2.45) is 0 Å². The number of halogens is 1. The molecule has 0 atom stereocenters. The highest BCUT2D eigenvalue weighted by molar-refractivity contribution is 6.31. The first-order valence-electron chi connectivity index (χ1n) is 8.38. The maximum Gasteiger partial charge on any atom is 0.222 e. The molecule has 1 aromatic rings. The Balaban J connectivity index is 1.67. The van der Waals surface area contributed by atoms with Gasteiger partial charge in [-0.05, 0) is 30.9 Å². The lowest BCUT2D eigenvalue weighted by Crippen LogP contribution is -2.51. The van der Waals surface area contributed by atoms with Gasteiger partial charge in [0.1, 0.15) is 0 Å². The van der Waals surface area contributed by atoms with Gasteiger partial charge < -0.3 is 14.4 Å². The average Bonchev–Trinajstić information content (AvgIpc) is 2.87. The van der Waals surface area contributed by atoms with Crippen LogP contribution in [0.15, 0.2) is 12.1 Å². The molecule has 0 unspecified atom stereocenters. The lowest BCUT2D eigenvalue weighted by molar-refractivity contribution is -0.130. The topological polar surface area (TPSA) is 42.0 Å². The molecule has 2 fully saturated rings. The van der Waals surface area contributed by atoms with Crippen molar-refractivity contribution in [1.29, 1.82) is 0 Å². The first-order valence-corrected chi connectivity index (χ1v) is 8.76. The number of benzene rings is 1. The standard InChI is InChI=1S/C18H25ClN2O3/c1-20-17(22)4-5-18(20)6-8-21(9-7-18)12-13-10-15(23-2)16(24-3)11-14(13)19/h10-11H,4-9,12H2,1-3H3. The minimum absolute atomic E-state index is 0.0783. The van der Waals surface area contributed by atoms with Crippen LogP contribution >= 0.6 is 11.6 Å². The van der Waals surface area contributed by atoms with E-state index in [1.165, 1.54) is 0 Å². The highest BCUT2D eigenvalue weighted by Crippen LogP contribution is 2.39. The molecule has 1 spiro atoms. The number of nitrogens with zero attached hydrogens (tertiary/aromatic N) is 2. The molecule has 0 saturated carbocycles. The van der Waals surface area contributed by atoms with Gasteiger partial charge in [-0.2, -0.15) is 0 Å². The Hall–Kier alpha value is -1.46. The third-order valence-electron chi connectivity index (χ3n) is 5.62. The van der Waals surface area contributed by atoms with E-state index in [1.54, 1.807) is 14.2 Å². The Bertz CT molecular complexity index is 627. The fraction of sp³-hybridized carbons (Fsp3) is 0.611. The van der Waals surface area contributed by atoms with E-state index in [0.29, 0.717) is 22.9 Å². The van der Waals surface area contributed by atoms with E-state index >= 15 is 0 Å². The minimum atomic E-state index is 0.0783. The van der Waals surface area contributed by atoms with Crippen molar-refractivity contribution in [3.8, 4) is 11.5 Å². The molecule has 2 heterocycles. The third kappa shape index (κ3) is 3.07. The van der Waals surface area contributed by atoms with Crippen LogP contribution in [-0.4, -0.2) is 55.6 Å². The van der Waals surface area contributed by atoms with Gasteiger partial charge in [0.25, 0.3) is 0 Å². The molecule has 2 saturated heterocycles. The Morgan fingerprint density at radius 3 is 2.29 bits per heavy atom. The zero-order valence-electron chi connectivity index (χ0n) is 14.6. The maximum atomic E-state index is 11.9. The normalized spacial score (nSPS) is 20.7. The number of carbonyl (C=O) groups excluding carboxylic acids is 1. The van der Waals surface area contributed by atoms with Crippen LogP contribution in [0.2, 0.25) is 5.02 Å². The molecule has 0 bridgehead atoms. The van der Waals surface area contributed by atoms with Gasteiger partial charge in [-0.15, -0.1) is 0 Å². The number of piperidine rings is 1. The summed E-state index contributed by atoms with van der Waals surface area (Å²) >= 11 is 6.40. The number of ether oxygens (including phenoxy) is 2. The second-order valence-corrected chi connectivity index (χ2v) is 7.16. The van der Waals surface area contributed by atoms with E-state index in [0.717, 1.165) is 44.5 Å². The second kappa shape index (κ2) is 6.81. The molecule has 24 heavy (non-hydrogen) atoms. The highest BCUT2D eigenvalue weighted by atomic mass is 35.5. The molecular formula is C18H25ClN2O3. The predicted octanol–water partition coefficient (Wildman–Crippen LogP) is 2.94.